The quantitative estimate of drug-likeness (QED) is 0.677. The van der Waals surface area contributed by atoms with E-state index in [-0.39, 0.29) is 24.3 Å². The molecular weight excluding hydrogens is 356 g/mol. The van der Waals surface area contributed by atoms with Gasteiger partial charge in [-0.2, -0.15) is 5.10 Å². The van der Waals surface area contributed by atoms with Crippen LogP contribution in [0.1, 0.15) is 30.9 Å². The number of benzene rings is 1. The summed E-state index contributed by atoms with van der Waals surface area (Å²) in [4.78, 5) is 31.4. The van der Waals surface area contributed by atoms with E-state index in [9.17, 15) is 9.59 Å². The smallest absolute Gasteiger partial charge is 0.270 e. The van der Waals surface area contributed by atoms with Crippen molar-refractivity contribution in [1.29, 1.82) is 0 Å². The summed E-state index contributed by atoms with van der Waals surface area (Å²) in [7, 11) is 0. The number of aryl methyl sites for hydroxylation is 1. The van der Waals surface area contributed by atoms with E-state index in [4.69, 9.17) is 4.42 Å². The van der Waals surface area contributed by atoms with Gasteiger partial charge in [-0.1, -0.05) is 13.0 Å². The molecule has 1 aromatic carbocycles. The van der Waals surface area contributed by atoms with Gasteiger partial charge in [0.25, 0.3) is 5.56 Å². The molecule has 0 radical (unpaired) electrons. The highest BCUT2D eigenvalue weighted by atomic mass is 16.3. The van der Waals surface area contributed by atoms with Gasteiger partial charge in [0.2, 0.25) is 0 Å². The first-order valence-corrected chi connectivity index (χ1v) is 9.67. The van der Waals surface area contributed by atoms with Crippen molar-refractivity contribution in [2.24, 2.45) is 5.92 Å². The van der Waals surface area contributed by atoms with Crippen LogP contribution in [-0.4, -0.2) is 33.6 Å². The fraction of sp³-hybridized carbons (Fsp3) is 0.429. The number of carbonyl (C=O) groups is 1. The largest absolute Gasteiger partial charge is 0.443 e. The van der Waals surface area contributed by atoms with Crippen LogP contribution in [0.2, 0.25) is 0 Å². The van der Waals surface area contributed by atoms with Gasteiger partial charge in [0.1, 0.15) is 17.9 Å². The number of oxazole rings is 1. The molecule has 3 aromatic rings. The standard InChI is InChI=1S/C21H24N4O3/c1-14-5-7-24(8-6-14)20-9-15(2)21(27)25(23-20)12-17(26)10-16-3-4-19-18(11-16)22-13-28-19/h3-4,9,11,13-14H,5-8,10,12H2,1-2H3. The second-order valence-corrected chi connectivity index (χ2v) is 7.69. The van der Waals surface area contributed by atoms with Crippen LogP contribution >= 0.6 is 0 Å². The van der Waals surface area contributed by atoms with Crippen molar-refractivity contribution in [1.82, 2.24) is 14.8 Å². The zero-order valence-corrected chi connectivity index (χ0v) is 16.2. The zero-order valence-electron chi connectivity index (χ0n) is 16.2. The molecule has 0 unspecified atom stereocenters. The second kappa shape index (κ2) is 7.58. The van der Waals surface area contributed by atoms with Crippen molar-refractivity contribution >= 4 is 22.7 Å². The van der Waals surface area contributed by atoms with E-state index in [0.717, 1.165) is 42.8 Å². The third-order valence-electron chi connectivity index (χ3n) is 5.37. The third-order valence-corrected chi connectivity index (χ3v) is 5.37. The maximum atomic E-state index is 12.6. The van der Waals surface area contributed by atoms with Crippen LogP contribution in [0.3, 0.4) is 0 Å². The minimum atomic E-state index is -0.213. The summed E-state index contributed by atoms with van der Waals surface area (Å²) in [6.45, 7) is 5.86. The fourth-order valence-electron chi connectivity index (χ4n) is 3.62. The number of hydrogen-bond acceptors (Lipinski definition) is 6. The molecule has 4 rings (SSSR count). The summed E-state index contributed by atoms with van der Waals surface area (Å²) in [5.74, 6) is 1.42. The molecule has 0 aliphatic carbocycles. The maximum absolute atomic E-state index is 12.6. The van der Waals surface area contributed by atoms with Gasteiger partial charge < -0.3 is 9.32 Å². The Labute approximate surface area is 163 Å². The molecule has 0 amide bonds. The molecule has 3 heterocycles. The minimum absolute atomic E-state index is 0.0331. The Bertz CT molecular complexity index is 1060. The van der Waals surface area contributed by atoms with E-state index in [2.05, 4.69) is 21.9 Å². The summed E-state index contributed by atoms with van der Waals surface area (Å²) in [6, 6.07) is 7.32. The first-order chi connectivity index (χ1) is 13.5. The number of ketones is 1. The van der Waals surface area contributed by atoms with E-state index >= 15 is 0 Å². The SMILES string of the molecule is Cc1cc(N2CCC(C)CC2)nn(CC(=O)Cc2ccc3ocnc3c2)c1=O. The zero-order chi connectivity index (χ0) is 19.7. The number of hydrogen-bond donors (Lipinski definition) is 0. The molecule has 28 heavy (non-hydrogen) atoms. The predicted octanol–water partition coefficient (Wildman–Crippen LogP) is 2.74. The highest BCUT2D eigenvalue weighted by Gasteiger charge is 2.19. The normalized spacial score (nSPS) is 15.3. The lowest BCUT2D eigenvalue weighted by atomic mass is 9.99. The van der Waals surface area contributed by atoms with E-state index < -0.39 is 0 Å². The molecule has 0 spiro atoms. The molecule has 0 saturated carbocycles. The first kappa shape index (κ1) is 18.4. The molecular formula is C21H24N4O3. The molecule has 0 N–H and O–H groups in total. The Morgan fingerprint density at radius 1 is 1.25 bits per heavy atom. The summed E-state index contributed by atoms with van der Waals surface area (Å²) in [6.07, 6.45) is 3.84. The molecule has 1 saturated heterocycles. The number of piperidine rings is 1. The number of rotatable bonds is 5. The van der Waals surface area contributed by atoms with Crippen molar-refractivity contribution in [2.75, 3.05) is 18.0 Å². The van der Waals surface area contributed by atoms with Gasteiger partial charge >= 0.3 is 0 Å². The van der Waals surface area contributed by atoms with Gasteiger partial charge in [0, 0.05) is 25.1 Å². The minimum Gasteiger partial charge on any atom is -0.443 e. The van der Waals surface area contributed by atoms with Gasteiger partial charge in [-0.15, -0.1) is 0 Å². The maximum Gasteiger partial charge on any atom is 0.270 e. The van der Waals surface area contributed by atoms with Crippen LogP contribution in [0.15, 0.2) is 39.9 Å². The van der Waals surface area contributed by atoms with E-state index in [0.29, 0.717) is 17.1 Å². The highest BCUT2D eigenvalue weighted by molar-refractivity contribution is 5.82. The van der Waals surface area contributed by atoms with Crippen LogP contribution < -0.4 is 10.5 Å². The van der Waals surface area contributed by atoms with Crippen molar-refractivity contribution in [3.8, 4) is 0 Å². The lowest BCUT2D eigenvalue weighted by Gasteiger charge is -2.31. The summed E-state index contributed by atoms with van der Waals surface area (Å²) < 4.78 is 6.53. The Hall–Kier alpha value is -2.96. The predicted molar refractivity (Wildman–Crippen MR) is 107 cm³/mol. The van der Waals surface area contributed by atoms with Gasteiger partial charge in [0.15, 0.2) is 17.8 Å². The lowest BCUT2D eigenvalue weighted by molar-refractivity contribution is -0.119. The highest BCUT2D eigenvalue weighted by Crippen LogP contribution is 2.21. The third kappa shape index (κ3) is 3.83. The van der Waals surface area contributed by atoms with Crippen molar-refractivity contribution in [3.05, 3.63) is 52.1 Å². The van der Waals surface area contributed by atoms with Crippen LogP contribution in [0.25, 0.3) is 11.1 Å². The number of Topliss-reactive ketones (excluding diaryl/α,β-unsaturated/α-hetero) is 1. The van der Waals surface area contributed by atoms with Crippen LogP contribution in [-0.2, 0) is 17.8 Å². The molecule has 7 nitrogen and oxygen atoms in total. The molecule has 2 aromatic heterocycles. The summed E-state index contributed by atoms with van der Waals surface area (Å²) >= 11 is 0. The van der Waals surface area contributed by atoms with Crippen LogP contribution in [0.5, 0.6) is 0 Å². The molecule has 1 aliphatic heterocycles. The Balaban J connectivity index is 1.51. The number of carbonyl (C=O) groups excluding carboxylic acids is 1. The Morgan fingerprint density at radius 3 is 2.82 bits per heavy atom. The Kier molecular flexibility index (Phi) is 4.98. The topological polar surface area (TPSA) is 81.2 Å². The average molecular weight is 380 g/mol. The molecule has 1 aliphatic rings. The van der Waals surface area contributed by atoms with Crippen molar-refractivity contribution in [3.63, 3.8) is 0 Å². The number of anilines is 1. The van der Waals surface area contributed by atoms with E-state index in [1.807, 2.05) is 18.2 Å². The van der Waals surface area contributed by atoms with E-state index in [1.54, 1.807) is 13.0 Å². The number of fused-ring (bicyclic) bond motifs is 1. The summed E-state index contributed by atoms with van der Waals surface area (Å²) in [5, 5.41) is 4.49. The molecule has 7 heteroatoms. The first-order valence-electron chi connectivity index (χ1n) is 9.67. The van der Waals surface area contributed by atoms with Crippen LogP contribution in [0.4, 0.5) is 5.82 Å². The average Bonchev–Trinajstić information content (AvgIpc) is 3.13. The molecule has 1 fully saturated rings. The number of aromatic nitrogens is 3. The van der Waals surface area contributed by atoms with Gasteiger partial charge in [-0.25, -0.2) is 9.67 Å². The van der Waals surface area contributed by atoms with Gasteiger partial charge in [0.05, 0.1) is 0 Å². The van der Waals surface area contributed by atoms with Gasteiger partial charge in [-0.3, -0.25) is 9.59 Å². The Morgan fingerprint density at radius 2 is 2.04 bits per heavy atom. The van der Waals surface area contributed by atoms with Crippen LogP contribution in [0, 0.1) is 12.8 Å². The monoisotopic (exact) mass is 380 g/mol. The molecule has 0 bridgehead atoms. The fourth-order valence-corrected chi connectivity index (χ4v) is 3.62. The molecule has 0 atom stereocenters. The van der Waals surface area contributed by atoms with E-state index in [1.165, 1.54) is 11.1 Å². The second-order valence-electron chi connectivity index (χ2n) is 7.69. The summed E-state index contributed by atoms with van der Waals surface area (Å²) in [5.41, 5.74) is 2.65. The lowest BCUT2D eigenvalue weighted by Crippen LogP contribution is -2.36. The van der Waals surface area contributed by atoms with Crippen molar-refractivity contribution in [2.45, 2.75) is 39.7 Å². The van der Waals surface area contributed by atoms with Gasteiger partial charge in [-0.05, 0) is 49.4 Å². The molecule has 146 valence electrons. The number of nitrogens with zero attached hydrogens (tertiary/aromatic N) is 4. The van der Waals surface area contributed by atoms with Crippen molar-refractivity contribution < 1.29 is 9.21 Å².